The van der Waals surface area contributed by atoms with E-state index in [2.05, 4.69) is 52.0 Å². The predicted molar refractivity (Wildman–Crippen MR) is 136 cm³/mol. The van der Waals surface area contributed by atoms with Crippen LogP contribution >= 0.6 is 12.2 Å². The van der Waals surface area contributed by atoms with E-state index in [0.717, 1.165) is 22.5 Å². The number of hydrogen-bond donors (Lipinski definition) is 2. The number of benzene rings is 1. The summed E-state index contributed by atoms with van der Waals surface area (Å²) in [6, 6.07) is 14.1. The molecule has 2 N–H and O–H groups in total. The maximum atomic E-state index is 12.8. The van der Waals surface area contributed by atoms with Crippen molar-refractivity contribution in [1.82, 2.24) is 19.8 Å². The SMILES string of the molecule is Cc1ccc(C)c(NC(=O)CCN2C(=S)N[C@H](c3ccccn3)[C@@H]2c2cc(C)n(C)c2C)c1. The first-order valence-electron chi connectivity index (χ1n) is 11.2. The second-order valence-electron chi connectivity index (χ2n) is 8.82. The van der Waals surface area contributed by atoms with Gasteiger partial charge in [-0.05, 0) is 80.9 Å². The van der Waals surface area contributed by atoms with E-state index in [0.29, 0.717) is 18.1 Å². The molecule has 1 aliphatic rings. The third kappa shape index (κ3) is 4.64. The van der Waals surface area contributed by atoms with Crippen LogP contribution in [0.1, 0.15) is 52.3 Å². The number of pyridine rings is 1. The molecule has 1 aliphatic heterocycles. The van der Waals surface area contributed by atoms with E-state index in [1.807, 2.05) is 50.2 Å². The van der Waals surface area contributed by atoms with Gasteiger partial charge in [-0.1, -0.05) is 18.2 Å². The van der Waals surface area contributed by atoms with Crippen molar-refractivity contribution in [2.45, 2.75) is 46.2 Å². The maximum Gasteiger partial charge on any atom is 0.226 e. The molecule has 0 spiro atoms. The summed E-state index contributed by atoms with van der Waals surface area (Å²) in [5.41, 5.74) is 7.55. The summed E-state index contributed by atoms with van der Waals surface area (Å²) in [5.74, 6) is -0.0208. The molecule has 0 bridgehead atoms. The number of hydrogen-bond acceptors (Lipinski definition) is 3. The topological polar surface area (TPSA) is 62.2 Å². The number of rotatable bonds is 6. The van der Waals surface area contributed by atoms with Gasteiger partial charge in [0.2, 0.25) is 5.91 Å². The van der Waals surface area contributed by atoms with Crippen LogP contribution < -0.4 is 10.6 Å². The lowest BCUT2D eigenvalue weighted by atomic mass is 9.96. The highest BCUT2D eigenvalue weighted by Gasteiger charge is 2.41. The fourth-order valence-electron chi connectivity index (χ4n) is 4.47. The summed E-state index contributed by atoms with van der Waals surface area (Å²) in [6.07, 6.45) is 2.14. The molecule has 1 saturated heterocycles. The van der Waals surface area contributed by atoms with Crippen molar-refractivity contribution in [3.05, 3.63) is 82.4 Å². The zero-order valence-corrected chi connectivity index (χ0v) is 20.7. The molecular formula is C26H31N5OS. The molecule has 0 unspecified atom stereocenters. The van der Waals surface area contributed by atoms with Gasteiger partial charge < -0.3 is 20.1 Å². The minimum atomic E-state index is -0.0821. The Bertz CT molecular complexity index is 1190. The fraction of sp³-hybridized carbons (Fsp3) is 0.346. The average molecular weight is 462 g/mol. The van der Waals surface area contributed by atoms with Crippen LogP contribution in [0.15, 0.2) is 48.7 Å². The van der Waals surface area contributed by atoms with Gasteiger partial charge in [-0.15, -0.1) is 0 Å². The van der Waals surface area contributed by atoms with E-state index < -0.39 is 0 Å². The van der Waals surface area contributed by atoms with Crippen molar-refractivity contribution in [1.29, 1.82) is 0 Å². The third-order valence-electron chi connectivity index (χ3n) is 6.58. The average Bonchev–Trinajstić information content (AvgIpc) is 3.25. The standard InChI is InChI=1S/C26H31N5OS/c1-16-9-10-17(2)22(14-16)28-23(32)11-13-31-25(20-15-18(3)30(5)19(20)4)24(29-26(31)33)21-8-6-7-12-27-21/h6-10,12,14-15,24-25H,11,13H2,1-5H3,(H,28,32)(H,29,33)/t24-,25+/m1/s1. The van der Waals surface area contributed by atoms with Gasteiger partial charge in [-0.3, -0.25) is 9.78 Å². The Hall–Kier alpha value is -3.19. The molecule has 1 amide bonds. The molecule has 0 radical (unpaired) electrons. The molecule has 33 heavy (non-hydrogen) atoms. The van der Waals surface area contributed by atoms with Gasteiger partial charge in [0.15, 0.2) is 5.11 Å². The van der Waals surface area contributed by atoms with Gasteiger partial charge in [-0.25, -0.2) is 0 Å². The third-order valence-corrected chi connectivity index (χ3v) is 6.93. The van der Waals surface area contributed by atoms with Crippen LogP contribution in [0, 0.1) is 27.7 Å². The number of nitrogens with zero attached hydrogens (tertiary/aromatic N) is 3. The van der Waals surface area contributed by atoms with Crippen molar-refractivity contribution in [2.75, 3.05) is 11.9 Å². The van der Waals surface area contributed by atoms with Crippen LogP contribution in [0.3, 0.4) is 0 Å². The first-order chi connectivity index (χ1) is 15.8. The van der Waals surface area contributed by atoms with E-state index in [-0.39, 0.29) is 18.0 Å². The Morgan fingerprint density at radius 1 is 1.15 bits per heavy atom. The summed E-state index contributed by atoms with van der Waals surface area (Å²) in [5, 5.41) is 7.18. The Labute approximate surface area is 201 Å². The van der Waals surface area contributed by atoms with Gasteiger partial charge in [0.05, 0.1) is 17.8 Å². The molecule has 0 aliphatic carbocycles. The largest absolute Gasteiger partial charge is 0.352 e. The van der Waals surface area contributed by atoms with Crippen LogP contribution in [0.4, 0.5) is 5.69 Å². The molecule has 3 heterocycles. The van der Waals surface area contributed by atoms with Gasteiger partial charge in [-0.2, -0.15) is 0 Å². The second kappa shape index (κ2) is 9.35. The van der Waals surface area contributed by atoms with Crippen molar-refractivity contribution in [2.24, 2.45) is 7.05 Å². The van der Waals surface area contributed by atoms with Crippen LogP contribution in [0.25, 0.3) is 0 Å². The molecule has 7 heteroatoms. The van der Waals surface area contributed by atoms with Crippen LogP contribution in [-0.2, 0) is 11.8 Å². The number of carbonyl (C=O) groups excluding carboxylic acids is 1. The predicted octanol–water partition coefficient (Wildman–Crippen LogP) is 4.66. The number of amides is 1. The first kappa shape index (κ1) is 23.0. The maximum absolute atomic E-state index is 12.8. The zero-order chi connectivity index (χ0) is 23.7. The van der Waals surface area contributed by atoms with E-state index in [1.165, 1.54) is 17.0 Å². The molecular weight excluding hydrogens is 430 g/mol. The Morgan fingerprint density at radius 2 is 1.94 bits per heavy atom. The highest BCUT2D eigenvalue weighted by atomic mass is 32.1. The lowest BCUT2D eigenvalue weighted by Crippen LogP contribution is -2.33. The Balaban J connectivity index is 1.58. The second-order valence-corrected chi connectivity index (χ2v) is 9.21. The number of carbonyl (C=O) groups is 1. The minimum Gasteiger partial charge on any atom is -0.352 e. The summed E-state index contributed by atoms with van der Waals surface area (Å²) in [7, 11) is 2.08. The van der Waals surface area contributed by atoms with Gasteiger partial charge >= 0.3 is 0 Å². The van der Waals surface area contributed by atoms with E-state index in [4.69, 9.17) is 12.2 Å². The lowest BCUT2D eigenvalue weighted by molar-refractivity contribution is -0.116. The fourth-order valence-corrected chi connectivity index (χ4v) is 4.81. The summed E-state index contributed by atoms with van der Waals surface area (Å²) < 4.78 is 2.19. The molecule has 2 atom stereocenters. The van der Waals surface area contributed by atoms with E-state index >= 15 is 0 Å². The normalized spacial score (nSPS) is 17.8. The number of nitrogens with one attached hydrogen (secondary N) is 2. The van der Waals surface area contributed by atoms with Crippen LogP contribution in [-0.4, -0.2) is 32.0 Å². The van der Waals surface area contributed by atoms with Gasteiger partial charge in [0.25, 0.3) is 0 Å². The quantitative estimate of drug-likeness (QED) is 0.523. The van der Waals surface area contributed by atoms with Gasteiger partial charge in [0, 0.05) is 43.3 Å². The van der Waals surface area contributed by atoms with Crippen LogP contribution in [0.5, 0.6) is 0 Å². The zero-order valence-electron chi connectivity index (χ0n) is 19.8. The lowest BCUT2D eigenvalue weighted by Gasteiger charge is -2.28. The summed E-state index contributed by atoms with van der Waals surface area (Å²) >= 11 is 5.75. The number of thiocarbonyl (C=S) groups is 1. The van der Waals surface area contributed by atoms with Crippen molar-refractivity contribution in [3.63, 3.8) is 0 Å². The van der Waals surface area contributed by atoms with Gasteiger partial charge in [0.1, 0.15) is 0 Å². The Kier molecular flexibility index (Phi) is 6.51. The number of aromatic nitrogens is 2. The Morgan fingerprint density at radius 3 is 2.61 bits per heavy atom. The number of anilines is 1. The molecule has 0 saturated carbocycles. The van der Waals surface area contributed by atoms with E-state index in [1.54, 1.807) is 6.20 Å². The van der Waals surface area contributed by atoms with Crippen molar-refractivity contribution >= 4 is 28.9 Å². The highest BCUT2D eigenvalue weighted by Crippen LogP contribution is 2.40. The minimum absolute atomic E-state index is 0.0208. The molecule has 2 aromatic heterocycles. The van der Waals surface area contributed by atoms with E-state index in [9.17, 15) is 4.79 Å². The summed E-state index contributed by atoms with van der Waals surface area (Å²) in [6.45, 7) is 8.78. The smallest absolute Gasteiger partial charge is 0.226 e. The monoisotopic (exact) mass is 461 g/mol. The molecule has 6 nitrogen and oxygen atoms in total. The first-order valence-corrected chi connectivity index (χ1v) is 11.6. The number of aryl methyl sites for hydroxylation is 3. The summed E-state index contributed by atoms with van der Waals surface area (Å²) in [4.78, 5) is 19.6. The van der Waals surface area contributed by atoms with Crippen molar-refractivity contribution < 1.29 is 4.79 Å². The van der Waals surface area contributed by atoms with Crippen LogP contribution in [0.2, 0.25) is 0 Å². The van der Waals surface area contributed by atoms with Crippen molar-refractivity contribution in [3.8, 4) is 0 Å². The highest BCUT2D eigenvalue weighted by molar-refractivity contribution is 7.80. The molecule has 172 valence electrons. The molecule has 3 aromatic rings. The molecule has 4 rings (SSSR count). The molecule has 1 fully saturated rings. The molecule has 1 aromatic carbocycles.